The van der Waals surface area contributed by atoms with Gasteiger partial charge >= 0.3 is 0 Å². The summed E-state index contributed by atoms with van der Waals surface area (Å²) in [5, 5.41) is 3.01. The van der Waals surface area contributed by atoms with Crippen LogP contribution in [0, 0.1) is 5.82 Å². The Morgan fingerprint density at radius 1 is 1.26 bits per heavy atom. The molecule has 0 bridgehead atoms. The summed E-state index contributed by atoms with van der Waals surface area (Å²) in [6, 6.07) is 10.4. The number of nitrogen functional groups attached to an aromatic ring is 1. The molecule has 0 radical (unpaired) electrons. The normalized spacial score (nSPS) is 10.3. The Labute approximate surface area is 112 Å². The molecule has 0 amide bonds. The van der Waals surface area contributed by atoms with E-state index >= 15 is 0 Å². The van der Waals surface area contributed by atoms with Crippen LogP contribution >= 0.6 is 0 Å². The smallest absolute Gasteiger partial charge is 0.148 e. The summed E-state index contributed by atoms with van der Waals surface area (Å²) >= 11 is 0. The van der Waals surface area contributed by atoms with Gasteiger partial charge in [0.2, 0.25) is 0 Å². The van der Waals surface area contributed by atoms with Crippen molar-refractivity contribution in [1.29, 1.82) is 0 Å². The van der Waals surface area contributed by atoms with Gasteiger partial charge < -0.3 is 15.8 Å². The van der Waals surface area contributed by atoms with E-state index < -0.39 is 0 Å². The van der Waals surface area contributed by atoms with Crippen molar-refractivity contribution >= 4 is 17.1 Å². The summed E-state index contributed by atoms with van der Waals surface area (Å²) in [5.41, 5.74) is 8.27. The molecule has 4 heteroatoms. The van der Waals surface area contributed by atoms with Crippen LogP contribution in [-0.4, -0.2) is 7.11 Å². The van der Waals surface area contributed by atoms with Crippen LogP contribution in [0.5, 0.6) is 5.75 Å². The zero-order valence-corrected chi connectivity index (χ0v) is 11.0. The number of hydrogen-bond donors (Lipinski definition) is 2. The molecule has 19 heavy (non-hydrogen) atoms. The number of halogens is 1. The first kappa shape index (κ1) is 13.2. The zero-order valence-electron chi connectivity index (χ0n) is 11.0. The highest BCUT2D eigenvalue weighted by atomic mass is 19.1. The molecule has 2 aromatic rings. The number of aryl methyl sites for hydroxylation is 1. The van der Waals surface area contributed by atoms with E-state index in [1.807, 2.05) is 18.2 Å². The van der Waals surface area contributed by atoms with E-state index in [0.717, 1.165) is 12.0 Å². The summed E-state index contributed by atoms with van der Waals surface area (Å²) in [5.74, 6) is 0.267. The lowest BCUT2D eigenvalue weighted by molar-refractivity contribution is 0.416. The molecule has 0 saturated carbocycles. The molecule has 0 atom stereocenters. The minimum Gasteiger partial charge on any atom is -0.495 e. The second-order valence-electron chi connectivity index (χ2n) is 4.22. The molecule has 0 aromatic heterocycles. The fourth-order valence-corrected chi connectivity index (χ4v) is 1.88. The molecule has 0 spiro atoms. The number of para-hydroxylation sites is 1. The van der Waals surface area contributed by atoms with Crippen LogP contribution in [0.25, 0.3) is 0 Å². The van der Waals surface area contributed by atoms with E-state index in [9.17, 15) is 4.39 Å². The van der Waals surface area contributed by atoms with Crippen molar-refractivity contribution in [2.45, 2.75) is 13.3 Å². The quantitative estimate of drug-likeness (QED) is 0.823. The van der Waals surface area contributed by atoms with Gasteiger partial charge in [0.25, 0.3) is 0 Å². The maximum atomic E-state index is 13.8. The first-order chi connectivity index (χ1) is 9.15. The first-order valence-corrected chi connectivity index (χ1v) is 6.13. The van der Waals surface area contributed by atoms with Crippen LogP contribution in [-0.2, 0) is 6.42 Å². The van der Waals surface area contributed by atoms with Gasteiger partial charge in [0.1, 0.15) is 11.6 Å². The van der Waals surface area contributed by atoms with Crippen LogP contribution in [0.3, 0.4) is 0 Å². The van der Waals surface area contributed by atoms with E-state index in [1.165, 1.54) is 6.07 Å². The number of benzene rings is 2. The van der Waals surface area contributed by atoms with E-state index in [2.05, 4.69) is 12.2 Å². The van der Waals surface area contributed by atoms with Crippen molar-refractivity contribution < 1.29 is 9.13 Å². The summed E-state index contributed by atoms with van der Waals surface area (Å²) in [7, 11) is 1.58. The van der Waals surface area contributed by atoms with E-state index in [4.69, 9.17) is 10.5 Å². The Balaban J connectivity index is 2.42. The molecule has 3 N–H and O–H groups in total. The van der Waals surface area contributed by atoms with Crippen molar-refractivity contribution in [2.24, 2.45) is 0 Å². The zero-order chi connectivity index (χ0) is 13.8. The van der Waals surface area contributed by atoms with Gasteiger partial charge in [-0.25, -0.2) is 4.39 Å². The molecule has 2 rings (SSSR count). The van der Waals surface area contributed by atoms with Crippen molar-refractivity contribution in [3.05, 3.63) is 47.8 Å². The summed E-state index contributed by atoms with van der Waals surface area (Å²) in [6.45, 7) is 2.06. The average molecular weight is 260 g/mol. The molecule has 100 valence electrons. The predicted molar refractivity (Wildman–Crippen MR) is 76.5 cm³/mol. The van der Waals surface area contributed by atoms with Crippen LogP contribution in [0.15, 0.2) is 36.4 Å². The van der Waals surface area contributed by atoms with Crippen LogP contribution in [0.1, 0.15) is 12.5 Å². The third kappa shape index (κ3) is 2.78. The van der Waals surface area contributed by atoms with Crippen LogP contribution in [0.4, 0.5) is 21.5 Å². The molecule has 0 aliphatic heterocycles. The van der Waals surface area contributed by atoms with Crippen LogP contribution < -0.4 is 15.8 Å². The first-order valence-electron chi connectivity index (χ1n) is 6.13. The fraction of sp³-hybridized carbons (Fsp3) is 0.200. The molecule has 3 nitrogen and oxygen atoms in total. The van der Waals surface area contributed by atoms with Crippen molar-refractivity contribution in [2.75, 3.05) is 18.2 Å². The number of rotatable bonds is 4. The van der Waals surface area contributed by atoms with Gasteiger partial charge in [-0.2, -0.15) is 0 Å². The summed E-state index contributed by atoms with van der Waals surface area (Å²) < 4.78 is 19.0. The van der Waals surface area contributed by atoms with Gasteiger partial charge in [-0.1, -0.05) is 19.1 Å². The van der Waals surface area contributed by atoms with Gasteiger partial charge in [-0.3, -0.25) is 0 Å². The Kier molecular flexibility index (Phi) is 3.90. The third-order valence-electron chi connectivity index (χ3n) is 2.98. The van der Waals surface area contributed by atoms with E-state index in [0.29, 0.717) is 17.1 Å². The number of methoxy groups -OCH3 is 1. The third-order valence-corrected chi connectivity index (χ3v) is 2.98. The SMILES string of the molecule is CCc1ccc(OC)c(Nc2c(N)cccc2F)c1. The second-order valence-corrected chi connectivity index (χ2v) is 4.22. The number of nitrogens with two attached hydrogens (primary N) is 1. The highest BCUT2D eigenvalue weighted by molar-refractivity contribution is 5.76. The number of ether oxygens (including phenoxy) is 1. The van der Waals surface area contributed by atoms with E-state index in [-0.39, 0.29) is 11.5 Å². The Bertz CT molecular complexity index is 564. The van der Waals surface area contributed by atoms with Crippen molar-refractivity contribution in [3.63, 3.8) is 0 Å². The number of anilines is 3. The standard InChI is InChI=1S/C15H17FN2O/c1-3-10-7-8-14(19-2)13(9-10)18-15-11(16)5-4-6-12(15)17/h4-9,18H,3,17H2,1-2H3. The molecular formula is C15H17FN2O. The lowest BCUT2D eigenvalue weighted by atomic mass is 10.1. The largest absolute Gasteiger partial charge is 0.495 e. The number of hydrogen-bond acceptors (Lipinski definition) is 3. The Morgan fingerprint density at radius 2 is 2.05 bits per heavy atom. The molecule has 0 fully saturated rings. The summed E-state index contributed by atoms with van der Waals surface area (Å²) in [4.78, 5) is 0. The second kappa shape index (κ2) is 5.61. The lowest BCUT2D eigenvalue weighted by Gasteiger charge is -2.14. The monoisotopic (exact) mass is 260 g/mol. The minimum atomic E-state index is -0.385. The van der Waals surface area contributed by atoms with E-state index in [1.54, 1.807) is 19.2 Å². The highest BCUT2D eigenvalue weighted by Crippen LogP contribution is 2.32. The predicted octanol–water partition coefficient (Wildman–Crippen LogP) is 3.72. The maximum Gasteiger partial charge on any atom is 0.148 e. The molecule has 0 saturated heterocycles. The molecule has 2 aromatic carbocycles. The van der Waals surface area contributed by atoms with Gasteiger partial charge in [0.15, 0.2) is 0 Å². The van der Waals surface area contributed by atoms with Gasteiger partial charge in [0.05, 0.1) is 24.2 Å². The maximum absolute atomic E-state index is 13.8. The fourth-order valence-electron chi connectivity index (χ4n) is 1.88. The lowest BCUT2D eigenvalue weighted by Crippen LogP contribution is -2.01. The molecule has 0 heterocycles. The molecule has 0 aliphatic rings. The Hall–Kier alpha value is -2.23. The summed E-state index contributed by atoms with van der Waals surface area (Å²) in [6.07, 6.45) is 0.894. The minimum absolute atomic E-state index is 0.272. The topological polar surface area (TPSA) is 47.3 Å². The molecule has 0 unspecified atom stereocenters. The molecule has 0 aliphatic carbocycles. The van der Waals surface area contributed by atoms with Gasteiger partial charge in [-0.15, -0.1) is 0 Å². The average Bonchev–Trinajstić information content (AvgIpc) is 2.42. The van der Waals surface area contributed by atoms with Crippen molar-refractivity contribution in [1.82, 2.24) is 0 Å². The van der Waals surface area contributed by atoms with Crippen LogP contribution in [0.2, 0.25) is 0 Å². The number of nitrogens with one attached hydrogen (secondary N) is 1. The van der Waals surface area contributed by atoms with Gasteiger partial charge in [-0.05, 0) is 36.2 Å². The highest BCUT2D eigenvalue weighted by Gasteiger charge is 2.10. The Morgan fingerprint density at radius 3 is 2.68 bits per heavy atom. The van der Waals surface area contributed by atoms with Crippen molar-refractivity contribution in [3.8, 4) is 5.75 Å². The molecular weight excluding hydrogens is 243 g/mol. The van der Waals surface area contributed by atoms with Gasteiger partial charge in [0, 0.05) is 0 Å².